The van der Waals surface area contributed by atoms with E-state index in [9.17, 15) is 4.79 Å². The second-order valence-electron chi connectivity index (χ2n) is 4.28. The van der Waals surface area contributed by atoms with E-state index in [1.54, 1.807) is 6.07 Å². The molecule has 0 aromatic heterocycles. The Bertz CT molecular complexity index is 453. The Morgan fingerprint density at radius 3 is 1.95 bits per heavy atom. The van der Waals surface area contributed by atoms with Crippen molar-refractivity contribution in [2.45, 2.75) is 26.2 Å². The molecule has 2 aromatic rings. The van der Waals surface area contributed by atoms with Crippen LogP contribution in [0.1, 0.15) is 35.7 Å². The van der Waals surface area contributed by atoms with Crippen LogP contribution in [0.4, 0.5) is 0 Å². The zero-order chi connectivity index (χ0) is 13.9. The summed E-state index contributed by atoms with van der Waals surface area (Å²) in [6.07, 6.45) is 3.17. The van der Waals surface area contributed by atoms with Gasteiger partial charge in [0.25, 0.3) is 0 Å². The van der Waals surface area contributed by atoms with E-state index in [0.29, 0.717) is 5.56 Å². The fourth-order valence-corrected chi connectivity index (χ4v) is 1.73. The van der Waals surface area contributed by atoms with Crippen LogP contribution in [0.2, 0.25) is 0 Å². The average molecular weight is 255 g/mol. The van der Waals surface area contributed by atoms with Crippen LogP contribution in [-0.2, 0) is 6.42 Å². The molecule has 0 bridgehead atoms. The predicted octanol–water partition coefficient (Wildman–Crippen LogP) is 3.81. The lowest BCUT2D eigenvalue weighted by Crippen LogP contribution is -2.13. The molecule has 0 radical (unpaired) electrons. The Kier molecular flexibility index (Phi) is 7.03. The maximum absolute atomic E-state index is 11.0. The van der Waals surface area contributed by atoms with Crippen LogP contribution in [0.5, 0.6) is 0 Å². The van der Waals surface area contributed by atoms with Crippen molar-refractivity contribution in [1.29, 1.82) is 0 Å². The highest BCUT2D eigenvalue weighted by molar-refractivity contribution is 5.94. The standard InChI is InChI=1S/C11H15NO.C6H6/c1-2-3-6-9-7-4-5-8-10(9)11(12)13;1-2-4-6-5-3-1/h4-5,7-8H,2-3,6H2,1H3,(H2,12,13);1-6H. The van der Waals surface area contributed by atoms with E-state index in [4.69, 9.17) is 5.73 Å². The summed E-state index contributed by atoms with van der Waals surface area (Å²) in [4.78, 5) is 11.0. The molecule has 100 valence electrons. The first-order valence-corrected chi connectivity index (χ1v) is 6.63. The number of aryl methyl sites for hydroxylation is 1. The van der Waals surface area contributed by atoms with Crippen molar-refractivity contribution < 1.29 is 4.79 Å². The third-order valence-electron chi connectivity index (χ3n) is 2.75. The van der Waals surface area contributed by atoms with Gasteiger partial charge in [-0.2, -0.15) is 0 Å². The number of rotatable bonds is 4. The summed E-state index contributed by atoms with van der Waals surface area (Å²) in [5.74, 6) is -0.327. The number of hydrogen-bond acceptors (Lipinski definition) is 1. The van der Waals surface area contributed by atoms with E-state index in [2.05, 4.69) is 6.92 Å². The van der Waals surface area contributed by atoms with Gasteiger partial charge < -0.3 is 5.73 Å². The number of carbonyl (C=O) groups is 1. The van der Waals surface area contributed by atoms with Gasteiger partial charge >= 0.3 is 0 Å². The molecule has 0 heterocycles. The Labute approximate surface area is 115 Å². The second kappa shape index (κ2) is 8.92. The van der Waals surface area contributed by atoms with Crippen LogP contribution >= 0.6 is 0 Å². The molecule has 2 rings (SSSR count). The molecule has 19 heavy (non-hydrogen) atoms. The van der Waals surface area contributed by atoms with Gasteiger partial charge in [-0.25, -0.2) is 0 Å². The van der Waals surface area contributed by atoms with Crippen molar-refractivity contribution in [3.63, 3.8) is 0 Å². The SMILES string of the molecule is CCCCc1ccccc1C(N)=O.c1ccccc1. The number of nitrogens with two attached hydrogens (primary N) is 1. The Hall–Kier alpha value is -2.09. The van der Waals surface area contributed by atoms with Crippen LogP contribution < -0.4 is 5.73 Å². The van der Waals surface area contributed by atoms with Gasteiger partial charge in [-0.15, -0.1) is 0 Å². The van der Waals surface area contributed by atoms with E-state index >= 15 is 0 Å². The molecule has 2 nitrogen and oxygen atoms in total. The monoisotopic (exact) mass is 255 g/mol. The molecule has 0 saturated carbocycles. The quantitative estimate of drug-likeness (QED) is 0.886. The van der Waals surface area contributed by atoms with Crippen molar-refractivity contribution in [3.05, 3.63) is 71.8 Å². The first kappa shape index (κ1) is 15.0. The molecule has 0 spiro atoms. The minimum Gasteiger partial charge on any atom is -0.366 e. The zero-order valence-electron chi connectivity index (χ0n) is 11.4. The van der Waals surface area contributed by atoms with E-state index < -0.39 is 0 Å². The van der Waals surface area contributed by atoms with Crippen molar-refractivity contribution in [2.75, 3.05) is 0 Å². The molecule has 0 unspecified atom stereocenters. The first-order valence-electron chi connectivity index (χ1n) is 6.63. The third-order valence-corrected chi connectivity index (χ3v) is 2.75. The van der Waals surface area contributed by atoms with Crippen molar-refractivity contribution >= 4 is 5.91 Å². The highest BCUT2D eigenvalue weighted by atomic mass is 16.1. The second-order valence-corrected chi connectivity index (χ2v) is 4.28. The molecule has 0 aliphatic heterocycles. The van der Waals surface area contributed by atoms with Gasteiger partial charge in [-0.05, 0) is 24.5 Å². The van der Waals surface area contributed by atoms with E-state index in [0.717, 1.165) is 24.8 Å². The fourth-order valence-electron chi connectivity index (χ4n) is 1.73. The maximum atomic E-state index is 11.0. The number of hydrogen-bond donors (Lipinski definition) is 1. The van der Waals surface area contributed by atoms with E-state index in [1.165, 1.54) is 0 Å². The van der Waals surface area contributed by atoms with Crippen molar-refractivity contribution in [3.8, 4) is 0 Å². The lowest BCUT2D eigenvalue weighted by molar-refractivity contribution is 0.0999. The summed E-state index contributed by atoms with van der Waals surface area (Å²) in [5.41, 5.74) is 6.98. The lowest BCUT2D eigenvalue weighted by atomic mass is 10.0. The Balaban J connectivity index is 0.000000250. The molecule has 0 aliphatic carbocycles. The molecular formula is C17H21NO. The van der Waals surface area contributed by atoms with E-state index in [1.807, 2.05) is 54.6 Å². The maximum Gasteiger partial charge on any atom is 0.248 e. The third kappa shape index (κ3) is 5.87. The number of primary amides is 1. The largest absolute Gasteiger partial charge is 0.366 e. The van der Waals surface area contributed by atoms with Crippen molar-refractivity contribution in [1.82, 2.24) is 0 Å². The number of carbonyl (C=O) groups excluding carboxylic acids is 1. The minimum atomic E-state index is -0.327. The molecule has 0 fully saturated rings. The summed E-state index contributed by atoms with van der Waals surface area (Å²) in [5, 5.41) is 0. The van der Waals surface area contributed by atoms with Crippen molar-refractivity contribution in [2.24, 2.45) is 5.73 Å². The van der Waals surface area contributed by atoms with Gasteiger partial charge in [-0.1, -0.05) is 67.9 Å². The Morgan fingerprint density at radius 1 is 0.947 bits per heavy atom. The summed E-state index contributed by atoms with van der Waals surface area (Å²) in [6.45, 7) is 2.13. The number of unbranched alkanes of at least 4 members (excludes halogenated alkanes) is 1. The highest BCUT2D eigenvalue weighted by Crippen LogP contribution is 2.11. The van der Waals surface area contributed by atoms with Gasteiger partial charge in [0.15, 0.2) is 0 Å². The van der Waals surface area contributed by atoms with Gasteiger partial charge in [0, 0.05) is 5.56 Å². The molecular weight excluding hydrogens is 234 g/mol. The molecule has 0 atom stereocenters. The molecule has 0 saturated heterocycles. The van der Waals surface area contributed by atoms with Crippen LogP contribution in [0.3, 0.4) is 0 Å². The smallest absolute Gasteiger partial charge is 0.248 e. The molecule has 2 N–H and O–H groups in total. The van der Waals surface area contributed by atoms with Crippen LogP contribution in [0.15, 0.2) is 60.7 Å². The topological polar surface area (TPSA) is 43.1 Å². The summed E-state index contributed by atoms with van der Waals surface area (Å²) in [6, 6.07) is 19.5. The molecule has 2 aromatic carbocycles. The lowest BCUT2D eigenvalue weighted by Gasteiger charge is -2.04. The van der Waals surface area contributed by atoms with Gasteiger partial charge in [0.2, 0.25) is 5.91 Å². The average Bonchev–Trinajstić information content (AvgIpc) is 2.48. The summed E-state index contributed by atoms with van der Waals surface area (Å²) < 4.78 is 0. The minimum absolute atomic E-state index is 0.327. The predicted molar refractivity (Wildman–Crippen MR) is 80.0 cm³/mol. The normalized spacial score (nSPS) is 9.32. The summed E-state index contributed by atoms with van der Waals surface area (Å²) in [7, 11) is 0. The van der Waals surface area contributed by atoms with Crippen LogP contribution in [0.25, 0.3) is 0 Å². The zero-order valence-corrected chi connectivity index (χ0v) is 11.4. The van der Waals surface area contributed by atoms with Crippen LogP contribution in [0, 0.1) is 0 Å². The van der Waals surface area contributed by atoms with E-state index in [-0.39, 0.29) is 5.91 Å². The highest BCUT2D eigenvalue weighted by Gasteiger charge is 2.05. The number of amides is 1. The number of benzene rings is 2. The fraction of sp³-hybridized carbons (Fsp3) is 0.235. The Morgan fingerprint density at radius 2 is 1.47 bits per heavy atom. The molecule has 1 amide bonds. The molecule has 2 heteroatoms. The molecule has 0 aliphatic rings. The van der Waals surface area contributed by atoms with Gasteiger partial charge in [-0.3, -0.25) is 4.79 Å². The van der Waals surface area contributed by atoms with Crippen LogP contribution in [-0.4, -0.2) is 5.91 Å². The van der Waals surface area contributed by atoms with Gasteiger partial charge in [0.05, 0.1) is 0 Å². The van der Waals surface area contributed by atoms with Gasteiger partial charge in [0.1, 0.15) is 0 Å². The summed E-state index contributed by atoms with van der Waals surface area (Å²) >= 11 is 0. The first-order chi connectivity index (χ1) is 9.25.